The van der Waals surface area contributed by atoms with Gasteiger partial charge >= 0.3 is 6.36 Å². The molecule has 0 saturated heterocycles. The van der Waals surface area contributed by atoms with Gasteiger partial charge < -0.3 is 0 Å². The highest BCUT2D eigenvalue weighted by Gasteiger charge is 2.28. The molecule has 0 heterocycles. The average molecular weight is 141 g/mol. The highest BCUT2D eigenvalue weighted by molar-refractivity contribution is 4.48. The predicted octanol–water partition coefficient (Wildman–Crippen LogP) is 2.48. The molecular weight excluding hydrogens is 133 g/mol. The highest BCUT2D eigenvalue weighted by Crippen LogP contribution is 2.18. The van der Waals surface area contributed by atoms with Crippen LogP contribution in [0.15, 0.2) is 0 Å². The minimum absolute atomic E-state index is 0.333. The second kappa shape index (κ2) is 3.71. The molecule has 0 bridgehead atoms. The topological polar surface area (TPSA) is 9.23 Å². The van der Waals surface area contributed by atoms with Crippen molar-refractivity contribution in [2.75, 3.05) is 0 Å². The molecule has 55 valence electrons. The van der Waals surface area contributed by atoms with Crippen molar-refractivity contribution >= 4 is 0 Å². The number of unbranched alkanes of at least 4 members (excludes halogenated alkanes) is 1. The van der Waals surface area contributed by atoms with Crippen molar-refractivity contribution in [3.05, 3.63) is 6.61 Å². The van der Waals surface area contributed by atoms with Gasteiger partial charge in [0.15, 0.2) is 0 Å². The summed E-state index contributed by atoms with van der Waals surface area (Å²) in [5.41, 5.74) is 0. The van der Waals surface area contributed by atoms with Crippen LogP contribution in [0.1, 0.15) is 19.8 Å². The zero-order valence-corrected chi connectivity index (χ0v) is 5.03. The normalized spacial score (nSPS) is 12.0. The molecule has 0 aromatic carbocycles. The Balaban J connectivity index is 3.07. The minimum Gasteiger partial charge on any atom is -0.286 e. The zero-order valence-electron chi connectivity index (χ0n) is 5.03. The quantitative estimate of drug-likeness (QED) is 0.548. The van der Waals surface area contributed by atoms with Gasteiger partial charge in [0.2, 0.25) is 0 Å². The van der Waals surface area contributed by atoms with Crippen molar-refractivity contribution in [3.63, 3.8) is 0 Å². The van der Waals surface area contributed by atoms with Crippen LogP contribution >= 0.6 is 0 Å². The van der Waals surface area contributed by atoms with E-state index in [1.165, 1.54) is 0 Å². The Bertz CT molecular complexity index is 69.1. The molecule has 1 nitrogen and oxygen atoms in total. The third-order valence-corrected chi connectivity index (χ3v) is 0.623. The van der Waals surface area contributed by atoms with Crippen LogP contribution in [0.4, 0.5) is 13.2 Å². The van der Waals surface area contributed by atoms with Crippen molar-refractivity contribution in [1.29, 1.82) is 0 Å². The molecule has 0 aliphatic carbocycles. The Hall–Kier alpha value is -0.250. The van der Waals surface area contributed by atoms with Gasteiger partial charge in [-0.3, -0.25) is 4.74 Å². The Morgan fingerprint density at radius 1 is 1.44 bits per heavy atom. The van der Waals surface area contributed by atoms with E-state index in [1.807, 2.05) is 0 Å². The number of rotatable bonds is 3. The van der Waals surface area contributed by atoms with Crippen molar-refractivity contribution in [2.45, 2.75) is 26.1 Å². The number of hydrogen-bond donors (Lipinski definition) is 0. The van der Waals surface area contributed by atoms with Gasteiger partial charge in [0.1, 0.15) is 0 Å². The molecule has 0 atom stereocenters. The minimum atomic E-state index is -4.50. The van der Waals surface area contributed by atoms with E-state index in [2.05, 4.69) is 4.74 Å². The van der Waals surface area contributed by atoms with Gasteiger partial charge in [-0.15, -0.1) is 13.2 Å². The molecule has 0 aliphatic heterocycles. The molecule has 0 unspecified atom stereocenters. The lowest BCUT2D eigenvalue weighted by Crippen LogP contribution is -2.10. The summed E-state index contributed by atoms with van der Waals surface area (Å²) < 4.78 is 36.7. The van der Waals surface area contributed by atoms with E-state index >= 15 is 0 Å². The molecule has 0 aromatic heterocycles. The number of halogens is 3. The van der Waals surface area contributed by atoms with E-state index in [0.717, 1.165) is 6.61 Å². The molecule has 0 aromatic rings. The highest BCUT2D eigenvalue weighted by atomic mass is 19.4. The summed E-state index contributed by atoms with van der Waals surface area (Å²) >= 11 is 0. The lowest BCUT2D eigenvalue weighted by molar-refractivity contribution is -0.309. The summed E-state index contributed by atoms with van der Waals surface area (Å²) in [5.74, 6) is 0. The van der Waals surface area contributed by atoms with Crippen molar-refractivity contribution in [3.8, 4) is 0 Å². The molecule has 0 fully saturated rings. The second-order valence-corrected chi connectivity index (χ2v) is 1.52. The maximum Gasteiger partial charge on any atom is 0.522 e. The molecular formula is C5H8F3O. The number of hydrogen-bond acceptors (Lipinski definition) is 1. The van der Waals surface area contributed by atoms with Crippen LogP contribution < -0.4 is 0 Å². The number of alkyl halides is 3. The maximum atomic E-state index is 11.1. The molecule has 0 amide bonds. The van der Waals surface area contributed by atoms with E-state index < -0.39 is 6.36 Å². The zero-order chi connectivity index (χ0) is 7.33. The van der Waals surface area contributed by atoms with E-state index in [9.17, 15) is 13.2 Å². The summed E-state index contributed by atoms with van der Waals surface area (Å²) in [5, 5.41) is 0. The summed E-state index contributed by atoms with van der Waals surface area (Å²) in [6.45, 7) is 2.54. The fourth-order valence-corrected chi connectivity index (χ4v) is 0.271. The lowest BCUT2D eigenvalue weighted by atomic mass is 10.4. The van der Waals surface area contributed by atoms with Crippen molar-refractivity contribution in [2.24, 2.45) is 0 Å². The Morgan fingerprint density at radius 2 is 2.00 bits per heavy atom. The van der Waals surface area contributed by atoms with Gasteiger partial charge in [-0.1, -0.05) is 13.3 Å². The first-order valence-electron chi connectivity index (χ1n) is 2.62. The van der Waals surface area contributed by atoms with Gasteiger partial charge in [0.25, 0.3) is 0 Å². The Labute approximate surface area is 51.8 Å². The van der Waals surface area contributed by atoms with Crippen LogP contribution in [0.3, 0.4) is 0 Å². The van der Waals surface area contributed by atoms with Crippen molar-refractivity contribution in [1.82, 2.24) is 0 Å². The lowest BCUT2D eigenvalue weighted by Gasteiger charge is -2.04. The molecule has 1 radical (unpaired) electrons. The first kappa shape index (κ1) is 8.75. The Morgan fingerprint density at radius 3 is 2.33 bits per heavy atom. The van der Waals surface area contributed by atoms with Crippen LogP contribution in [0, 0.1) is 6.61 Å². The van der Waals surface area contributed by atoms with E-state index in [4.69, 9.17) is 0 Å². The second-order valence-electron chi connectivity index (χ2n) is 1.52. The van der Waals surface area contributed by atoms with Gasteiger partial charge in [-0.25, -0.2) is 0 Å². The maximum absolute atomic E-state index is 11.1. The van der Waals surface area contributed by atoms with Gasteiger partial charge in [-0.05, 0) is 6.42 Å². The summed E-state index contributed by atoms with van der Waals surface area (Å²) in [6.07, 6.45) is -3.51. The summed E-state index contributed by atoms with van der Waals surface area (Å²) in [4.78, 5) is 0. The van der Waals surface area contributed by atoms with Crippen LogP contribution in [0.5, 0.6) is 0 Å². The standard InChI is InChI=1S/C5H8F3O/c1-2-3-4-9-5(6,7)8/h4H,2-3H2,1H3. The summed E-state index contributed by atoms with van der Waals surface area (Å²) in [6, 6.07) is 0. The fraction of sp³-hybridized carbons (Fsp3) is 0.800. The van der Waals surface area contributed by atoms with Crippen LogP contribution in [-0.4, -0.2) is 6.36 Å². The molecule has 0 spiro atoms. The van der Waals surface area contributed by atoms with E-state index in [0.29, 0.717) is 12.8 Å². The third-order valence-electron chi connectivity index (χ3n) is 0.623. The molecule has 4 heteroatoms. The molecule has 0 rings (SSSR count). The fourth-order valence-electron chi connectivity index (χ4n) is 0.271. The van der Waals surface area contributed by atoms with Crippen LogP contribution in [0.2, 0.25) is 0 Å². The van der Waals surface area contributed by atoms with E-state index in [-0.39, 0.29) is 0 Å². The smallest absolute Gasteiger partial charge is 0.286 e. The Kier molecular flexibility index (Phi) is 3.61. The third kappa shape index (κ3) is 7.75. The monoisotopic (exact) mass is 141 g/mol. The van der Waals surface area contributed by atoms with E-state index in [1.54, 1.807) is 6.92 Å². The predicted molar refractivity (Wildman–Crippen MR) is 26.3 cm³/mol. The van der Waals surface area contributed by atoms with Gasteiger partial charge in [0, 0.05) is 0 Å². The van der Waals surface area contributed by atoms with Crippen LogP contribution in [-0.2, 0) is 4.74 Å². The molecule has 0 aliphatic rings. The molecule has 0 saturated carbocycles. The van der Waals surface area contributed by atoms with Gasteiger partial charge in [-0.2, -0.15) is 0 Å². The van der Waals surface area contributed by atoms with Crippen LogP contribution in [0.25, 0.3) is 0 Å². The largest absolute Gasteiger partial charge is 0.522 e. The summed E-state index contributed by atoms with van der Waals surface area (Å²) in [7, 11) is 0. The first-order valence-corrected chi connectivity index (χ1v) is 2.62. The SMILES string of the molecule is CCC[CH]OC(F)(F)F. The van der Waals surface area contributed by atoms with Crippen molar-refractivity contribution < 1.29 is 17.9 Å². The average Bonchev–Trinajstić information content (AvgIpc) is 1.63. The van der Waals surface area contributed by atoms with Gasteiger partial charge in [0.05, 0.1) is 6.61 Å². The number of ether oxygens (including phenoxy) is 1. The first-order chi connectivity index (χ1) is 4.06. The molecule has 0 N–H and O–H groups in total. The molecule has 9 heavy (non-hydrogen) atoms.